The number of H-pyrrole nitrogens is 1. The van der Waals surface area contributed by atoms with Crippen LogP contribution in [-0.2, 0) is 9.53 Å². The van der Waals surface area contributed by atoms with E-state index in [1.165, 1.54) is 11.9 Å². The molecule has 6 nitrogen and oxygen atoms in total. The van der Waals surface area contributed by atoms with Gasteiger partial charge in [-0.05, 0) is 37.3 Å². The molecule has 2 rings (SSSR count). The molecule has 0 radical (unpaired) electrons. The molecule has 1 amide bonds. The molecular formula is C13H14N2O4S. The molecule has 0 aliphatic heterocycles. The minimum absolute atomic E-state index is 0.0960. The predicted octanol–water partition coefficient (Wildman–Crippen LogP) is 2.13. The van der Waals surface area contributed by atoms with Crippen molar-refractivity contribution >= 4 is 35.2 Å². The van der Waals surface area contributed by atoms with Crippen LogP contribution in [0.3, 0.4) is 0 Å². The van der Waals surface area contributed by atoms with Crippen LogP contribution in [0.15, 0.2) is 22.6 Å². The number of carbonyl (C=O) groups is 2. The summed E-state index contributed by atoms with van der Waals surface area (Å²) in [6.07, 6.45) is 0. The summed E-state index contributed by atoms with van der Waals surface area (Å²) in [5.74, 6) is -0.731. The number of carbonyl (C=O) groups excluding carboxylic acids is 2. The van der Waals surface area contributed by atoms with Crippen LogP contribution in [0.2, 0.25) is 0 Å². The highest BCUT2D eigenvalue weighted by molar-refractivity contribution is 7.71. The van der Waals surface area contributed by atoms with Gasteiger partial charge in [0.15, 0.2) is 5.58 Å². The van der Waals surface area contributed by atoms with E-state index in [0.717, 1.165) is 5.52 Å². The maximum Gasteiger partial charge on any atom is 0.325 e. The lowest BCUT2D eigenvalue weighted by atomic mass is 10.2. The van der Waals surface area contributed by atoms with Gasteiger partial charge in [0.05, 0.1) is 12.1 Å². The zero-order chi connectivity index (χ0) is 14.7. The van der Waals surface area contributed by atoms with Gasteiger partial charge in [-0.1, -0.05) is 0 Å². The fraction of sp³-hybridized carbons (Fsp3) is 0.308. The lowest BCUT2D eigenvalue weighted by Crippen LogP contribution is -2.33. The van der Waals surface area contributed by atoms with E-state index in [0.29, 0.717) is 11.1 Å². The van der Waals surface area contributed by atoms with Gasteiger partial charge >= 0.3 is 5.97 Å². The number of fused-ring (bicyclic) bond motifs is 1. The zero-order valence-corrected chi connectivity index (χ0v) is 12.0. The van der Waals surface area contributed by atoms with Crippen molar-refractivity contribution in [1.82, 2.24) is 9.88 Å². The molecule has 1 aromatic carbocycles. The quantitative estimate of drug-likeness (QED) is 0.690. The fourth-order valence-corrected chi connectivity index (χ4v) is 1.97. The average molecular weight is 294 g/mol. The first-order valence-corrected chi connectivity index (χ1v) is 6.46. The van der Waals surface area contributed by atoms with E-state index in [2.05, 4.69) is 4.98 Å². The van der Waals surface area contributed by atoms with E-state index in [1.807, 2.05) is 0 Å². The topological polar surface area (TPSA) is 75.5 Å². The number of likely N-dealkylation sites (N-methyl/N-ethyl adjacent to an activating group) is 1. The van der Waals surface area contributed by atoms with Crippen LogP contribution >= 0.6 is 12.2 Å². The van der Waals surface area contributed by atoms with Gasteiger partial charge in [-0.25, -0.2) is 0 Å². The Kier molecular flexibility index (Phi) is 4.19. The second-order valence-corrected chi connectivity index (χ2v) is 4.56. The van der Waals surface area contributed by atoms with Crippen molar-refractivity contribution < 1.29 is 18.7 Å². The van der Waals surface area contributed by atoms with Crippen molar-refractivity contribution in [3.8, 4) is 0 Å². The van der Waals surface area contributed by atoms with Gasteiger partial charge in [0.2, 0.25) is 0 Å². The maximum absolute atomic E-state index is 12.2. The van der Waals surface area contributed by atoms with Crippen LogP contribution in [0.5, 0.6) is 0 Å². The molecule has 0 saturated heterocycles. The summed E-state index contributed by atoms with van der Waals surface area (Å²) in [7, 11) is 1.54. The Morgan fingerprint density at radius 2 is 2.20 bits per heavy atom. The number of rotatable bonds is 4. The first kappa shape index (κ1) is 14.3. The van der Waals surface area contributed by atoms with Crippen molar-refractivity contribution in [2.24, 2.45) is 0 Å². The number of nitrogens with one attached hydrogen (secondary N) is 1. The first-order valence-electron chi connectivity index (χ1n) is 6.05. The van der Waals surface area contributed by atoms with Gasteiger partial charge in [-0.2, -0.15) is 0 Å². The second kappa shape index (κ2) is 5.87. The molecule has 1 heterocycles. The molecule has 20 heavy (non-hydrogen) atoms. The third-order valence-electron chi connectivity index (χ3n) is 2.69. The summed E-state index contributed by atoms with van der Waals surface area (Å²) in [5.41, 5.74) is 1.65. The van der Waals surface area contributed by atoms with Crippen molar-refractivity contribution in [3.63, 3.8) is 0 Å². The van der Waals surface area contributed by atoms with E-state index in [-0.39, 0.29) is 23.9 Å². The molecule has 106 valence electrons. The van der Waals surface area contributed by atoms with Gasteiger partial charge in [-0.3, -0.25) is 9.59 Å². The number of oxazole rings is 1. The Balaban J connectivity index is 2.17. The van der Waals surface area contributed by atoms with Gasteiger partial charge in [0.25, 0.3) is 10.7 Å². The third kappa shape index (κ3) is 3.05. The van der Waals surface area contributed by atoms with E-state index >= 15 is 0 Å². The summed E-state index contributed by atoms with van der Waals surface area (Å²) in [6.45, 7) is 1.91. The minimum Gasteiger partial charge on any atom is -0.465 e. The second-order valence-electron chi connectivity index (χ2n) is 4.19. The number of nitrogens with zero attached hydrogens (tertiary/aromatic N) is 1. The van der Waals surface area contributed by atoms with E-state index in [4.69, 9.17) is 21.4 Å². The molecule has 7 heteroatoms. The SMILES string of the molecule is CCOC(=O)CN(C)C(=O)c1ccc2[nH]c(=S)oc2c1. The standard InChI is InChI=1S/C13H14N2O4S/c1-3-18-11(16)7-15(2)12(17)8-4-5-9-10(6-8)19-13(20)14-9/h4-6H,3,7H2,1-2H3,(H,14,20). The molecule has 0 atom stereocenters. The number of esters is 1. The third-order valence-corrected chi connectivity index (χ3v) is 2.87. The number of aromatic amines is 1. The Hall–Kier alpha value is -2.15. The molecule has 0 aliphatic rings. The average Bonchev–Trinajstić information content (AvgIpc) is 2.76. The van der Waals surface area contributed by atoms with Crippen molar-refractivity contribution in [1.29, 1.82) is 0 Å². The van der Waals surface area contributed by atoms with Crippen LogP contribution in [-0.4, -0.2) is 42.0 Å². The molecule has 0 unspecified atom stereocenters. The van der Waals surface area contributed by atoms with E-state index < -0.39 is 5.97 Å². The molecule has 2 aromatic rings. The number of amides is 1. The lowest BCUT2D eigenvalue weighted by Gasteiger charge is -2.15. The summed E-state index contributed by atoms with van der Waals surface area (Å²) < 4.78 is 10.1. The largest absolute Gasteiger partial charge is 0.465 e. The highest BCUT2D eigenvalue weighted by atomic mass is 32.1. The molecule has 0 fully saturated rings. The smallest absolute Gasteiger partial charge is 0.325 e. The monoisotopic (exact) mass is 294 g/mol. The molecule has 0 aliphatic carbocycles. The highest BCUT2D eigenvalue weighted by Gasteiger charge is 2.16. The van der Waals surface area contributed by atoms with Crippen LogP contribution in [0.1, 0.15) is 17.3 Å². The van der Waals surface area contributed by atoms with Crippen molar-refractivity contribution in [2.45, 2.75) is 6.92 Å². The fourth-order valence-electron chi connectivity index (χ4n) is 1.77. The minimum atomic E-state index is -0.441. The Bertz CT molecular complexity index is 704. The van der Waals surface area contributed by atoms with E-state index in [9.17, 15) is 9.59 Å². The number of hydrogen-bond donors (Lipinski definition) is 1. The van der Waals surface area contributed by atoms with Crippen LogP contribution in [0.25, 0.3) is 11.1 Å². The van der Waals surface area contributed by atoms with Crippen molar-refractivity contribution in [2.75, 3.05) is 20.2 Å². The predicted molar refractivity (Wildman–Crippen MR) is 75.0 cm³/mol. The maximum atomic E-state index is 12.2. The molecule has 0 spiro atoms. The Morgan fingerprint density at radius 3 is 2.90 bits per heavy atom. The van der Waals surface area contributed by atoms with Gasteiger partial charge < -0.3 is 19.0 Å². The number of aromatic nitrogens is 1. The lowest BCUT2D eigenvalue weighted by molar-refractivity contribution is -0.143. The molecule has 0 saturated carbocycles. The summed E-state index contributed by atoms with van der Waals surface area (Å²) in [5, 5.41) is 0. The summed E-state index contributed by atoms with van der Waals surface area (Å²) in [4.78, 5) is 27.9. The van der Waals surface area contributed by atoms with Crippen LogP contribution in [0.4, 0.5) is 0 Å². The Morgan fingerprint density at radius 1 is 1.45 bits per heavy atom. The van der Waals surface area contributed by atoms with Crippen LogP contribution in [0, 0.1) is 4.84 Å². The number of hydrogen-bond acceptors (Lipinski definition) is 5. The van der Waals surface area contributed by atoms with E-state index in [1.54, 1.807) is 25.1 Å². The molecular weight excluding hydrogens is 280 g/mol. The Labute approximate surface area is 120 Å². The highest BCUT2D eigenvalue weighted by Crippen LogP contribution is 2.16. The first-order chi connectivity index (χ1) is 9.51. The summed E-state index contributed by atoms with van der Waals surface area (Å²) >= 11 is 4.88. The van der Waals surface area contributed by atoms with Gasteiger partial charge in [0.1, 0.15) is 6.54 Å². The van der Waals surface area contributed by atoms with Gasteiger partial charge in [0, 0.05) is 12.6 Å². The molecule has 1 aromatic heterocycles. The molecule has 0 bridgehead atoms. The number of benzene rings is 1. The van der Waals surface area contributed by atoms with Crippen molar-refractivity contribution in [3.05, 3.63) is 28.6 Å². The molecule has 1 N–H and O–H groups in total. The number of ether oxygens (including phenoxy) is 1. The summed E-state index contributed by atoms with van der Waals surface area (Å²) in [6, 6.07) is 4.94. The normalized spacial score (nSPS) is 10.5. The van der Waals surface area contributed by atoms with Crippen LogP contribution < -0.4 is 0 Å². The zero-order valence-electron chi connectivity index (χ0n) is 11.1. The van der Waals surface area contributed by atoms with Gasteiger partial charge in [-0.15, -0.1) is 0 Å².